The standard InChI is InChI=1S/C12H14ClNO2S/c1-17(15,16)14-8-6-10(7-9-14)11-4-2-3-5-12(11)13/h2-6H,7-9H2,1H3. The van der Waals surface area contributed by atoms with Crippen LogP contribution >= 0.6 is 11.6 Å². The molecule has 0 N–H and O–H groups in total. The third-order valence-electron chi connectivity index (χ3n) is 2.86. The molecule has 17 heavy (non-hydrogen) atoms. The zero-order valence-electron chi connectivity index (χ0n) is 9.56. The fourth-order valence-corrected chi connectivity index (χ4v) is 2.94. The Labute approximate surface area is 107 Å². The van der Waals surface area contributed by atoms with E-state index < -0.39 is 10.0 Å². The lowest BCUT2D eigenvalue weighted by Crippen LogP contribution is -2.33. The average Bonchev–Trinajstić information content (AvgIpc) is 2.29. The van der Waals surface area contributed by atoms with Gasteiger partial charge in [0, 0.05) is 18.1 Å². The maximum absolute atomic E-state index is 11.4. The van der Waals surface area contributed by atoms with E-state index in [1.54, 1.807) is 0 Å². The predicted molar refractivity (Wildman–Crippen MR) is 70.5 cm³/mol. The average molecular weight is 272 g/mol. The fraction of sp³-hybridized carbons (Fsp3) is 0.333. The maximum atomic E-state index is 11.4. The Hall–Kier alpha value is -0.840. The van der Waals surface area contributed by atoms with Gasteiger partial charge in [-0.05, 0) is 23.6 Å². The van der Waals surface area contributed by atoms with Crippen LogP contribution in [0.15, 0.2) is 30.3 Å². The molecule has 0 aliphatic carbocycles. The maximum Gasteiger partial charge on any atom is 0.211 e. The van der Waals surface area contributed by atoms with Crippen LogP contribution in [0.25, 0.3) is 5.57 Å². The molecule has 0 radical (unpaired) electrons. The molecule has 1 aromatic rings. The molecule has 2 rings (SSSR count). The summed E-state index contributed by atoms with van der Waals surface area (Å²) in [7, 11) is -3.09. The van der Waals surface area contributed by atoms with Gasteiger partial charge in [-0.15, -0.1) is 0 Å². The Morgan fingerprint density at radius 2 is 2.00 bits per heavy atom. The molecule has 0 aromatic heterocycles. The first-order valence-corrected chi connectivity index (χ1v) is 7.60. The largest absolute Gasteiger partial charge is 0.212 e. The lowest BCUT2D eigenvalue weighted by atomic mass is 10.0. The zero-order valence-corrected chi connectivity index (χ0v) is 11.1. The molecule has 1 aromatic carbocycles. The SMILES string of the molecule is CS(=O)(=O)N1CC=C(c2ccccc2Cl)CC1. The van der Waals surface area contributed by atoms with Crippen LogP contribution in [0.1, 0.15) is 12.0 Å². The highest BCUT2D eigenvalue weighted by Gasteiger charge is 2.20. The zero-order chi connectivity index (χ0) is 12.5. The Balaban J connectivity index is 2.23. The van der Waals surface area contributed by atoms with Gasteiger partial charge >= 0.3 is 0 Å². The van der Waals surface area contributed by atoms with E-state index in [-0.39, 0.29) is 0 Å². The van der Waals surface area contributed by atoms with Gasteiger partial charge in [0.05, 0.1) is 6.26 Å². The minimum absolute atomic E-state index is 0.430. The highest BCUT2D eigenvalue weighted by molar-refractivity contribution is 7.88. The molecule has 0 saturated carbocycles. The number of halogens is 1. The summed E-state index contributed by atoms with van der Waals surface area (Å²) in [5, 5.41) is 0.714. The van der Waals surface area contributed by atoms with Crippen LogP contribution in [-0.2, 0) is 10.0 Å². The fourth-order valence-electron chi connectivity index (χ4n) is 1.92. The first-order chi connectivity index (χ1) is 7.98. The van der Waals surface area contributed by atoms with Gasteiger partial charge in [0.2, 0.25) is 10.0 Å². The monoisotopic (exact) mass is 271 g/mol. The number of benzene rings is 1. The molecule has 92 valence electrons. The van der Waals surface area contributed by atoms with Crippen molar-refractivity contribution in [2.75, 3.05) is 19.3 Å². The lowest BCUT2D eigenvalue weighted by Gasteiger charge is -2.24. The van der Waals surface area contributed by atoms with Crippen molar-refractivity contribution in [3.05, 3.63) is 40.9 Å². The minimum Gasteiger partial charge on any atom is -0.212 e. The highest BCUT2D eigenvalue weighted by Crippen LogP contribution is 2.28. The summed E-state index contributed by atoms with van der Waals surface area (Å²) in [4.78, 5) is 0. The van der Waals surface area contributed by atoms with Crippen molar-refractivity contribution in [2.45, 2.75) is 6.42 Å². The van der Waals surface area contributed by atoms with Gasteiger partial charge in [-0.2, -0.15) is 4.31 Å². The molecule has 1 aliphatic rings. The van der Waals surface area contributed by atoms with Crippen LogP contribution in [0.3, 0.4) is 0 Å². The molecule has 0 saturated heterocycles. The van der Waals surface area contributed by atoms with Gasteiger partial charge in [-0.3, -0.25) is 0 Å². The predicted octanol–water partition coefficient (Wildman–Crippen LogP) is 2.39. The number of sulfonamides is 1. The molecule has 1 heterocycles. The number of hydrogen-bond acceptors (Lipinski definition) is 2. The van der Waals surface area contributed by atoms with Gasteiger partial charge < -0.3 is 0 Å². The topological polar surface area (TPSA) is 37.4 Å². The first-order valence-electron chi connectivity index (χ1n) is 5.37. The van der Waals surface area contributed by atoms with E-state index in [1.807, 2.05) is 30.3 Å². The molecule has 0 atom stereocenters. The summed E-state index contributed by atoms with van der Waals surface area (Å²) in [6, 6.07) is 7.63. The molecule has 0 amide bonds. The van der Waals surface area contributed by atoms with Crippen LogP contribution in [-0.4, -0.2) is 32.1 Å². The van der Waals surface area contributed by atoms with Crippen molar-refractivity contribution >= 4 is 27.2 Å². The van der Waals surface area contributed by atoms with E-state index in [9.17, 15) is 8.42 Å². The molecule has 0 fully saturated rings. The van der Waals surface area contributed by atoms with E-state index in [1.165, 1.54) is 10.6 Å². The number of rotatable bonds is 2. The van der Waals surface area contributed by atoms with Crippen LogP contribution in [0, 0.1) is 0 Å². The second-order valence-corrected chi connectivity index (χ2v) is 6.47. The summed E-state index contributed by atoms with van der Waals surface area (Å²) in [5.41, 5.74) is 2.12. The Morgan fingerprint density at radius 1 is 1.29 bits per heavy atom. The van der Waals surface area contributed by atoms with Crippen molar-refractivity contribution in [1.82, 2.24) is 4.31 Å². The molecule has 0 unspecified atom stereocenters. The lowest BCUT2D eigenvalue weighted by molar-refractivity contribution is 0.446. The Kier molecular flexibility index (Phi) is 3.56. The van der Waals surface area contributed by atoms with Gasteiger partial charge in [0.1, 0.15) is 0 Å². The van der Waals surface area contributed by atoms with Gasteiger partial charge in [0.15, 0.2) is 0 Å². The number of nitrogens with zero attached hydrogens (tertiary/aromatic N) is 1. The van der Waals surface area contributed by atoms with Crippen molar-refractivity contribution in [1.29, 1.82) is 0 Å². The Morgan fingerprint density at radius 3 is 2.53 bits per heavy atom. The summed E-state index contributed by atoms with van der Waals surface area (Å²) in [6.07, 6.45) is 3.88. The molecular formula is C12H14ClNO2S. The second kappa shape index (κ2) is 4.80. The molecule has 0 bridgehead atoms. The van der Waals surface area contributed by atoms with E-state index >= 15 is 0 Å². The van der Waals surface area contributed by atoms with Gasteiger partial charge in [0.25, 0.3) is 0 Å². The highest BCUT2D eigenvalue weighted by atomic mass is 35.5. The summed E-state index contributed by atoms with van der Waals surface area (Å²) in [6.45, 7) is 0.954. The van der Waals surface area contributed by atoms with E-state index in [4.69, 9.17) is 11.6 Å². The quantitative estimate of drug-likeness (QED) is 0.828. The van der Waals surface area contributed by atoms with Gasteiger partial charge in [-0.25, -0.2) is 8.42 Å². The molecular weight excluding hydrogens is 258 g/mol. The first kappa shape index (κ1) is 12.6. The second-order valence-electron chi connectivity index (χ2n) is 4.08. The van der Waals surface area contributed by atoms with Crippen LogP contribution in [0.5, 0.6) is 0 Å². The van der Waals surface area contributed by atoms with E-state index in [0.29, 0.717) is 24.5 Å². The van der Waals surface area contributed by atoms with E-state index in [2.05, 4.69) is 0 Å². The smallest absolute Gasteiger partial charge is 0.211 e. The van der Waals surface area contributed by atoms with Crippen molar-refractivity contribution < 1.29 is 8.42 Å². The summed E-state index contributed by atoms with van der Waals surface area (Å²) < 4.78 is 24.2. The third-order valence-corrected chi connectivity index (χ3v) is 4.46. The molecule has 3 nitrogen and oxygen atoms in total. The summed E-state index contributed by atoms with van der Waals surface area (Å²) in [5.74, 6) is 0. The summed E-state index contributed by atoms with van der Waals surface area (Å²) >= 11 is 6.11. The third kappa shape index (κ3) is 2.89. The van der Waals surface area contributed by atoms with Crippen LogP contribution < -0.4 is 0 Å². The van der Waals surface area contributed by atoms with Gasteiger partial charge in [-0.1, -0.05) is 35.9 Å². The molecule has 5 heteroatoms. The minimum atomic E-state index is -3.09. The normalized spacial score (nSPS) is 17.9. The van der Waals surface area contributed by atoms with Crippen molar-refractivity contribution in [3.8, 4) is 0 Å². The number of hydrogen-bond donors (Lipinski definition) is 0. The molecule has 1 aliphatic heterocycles. The van der Waals surface area contributed by atoms with Crippen LogP contribution in [0.4, 0.5) is 0 Å². The molecule has 0 spiro atoms. The van der Waals surface area contributed by atoms with Crippen LogP contribution in [0.2, 0.25) is 5.02 Å². The van der Waals surface area contributed by atoms with Crippen molar-refractivity contribution in [3.63, 3.8) is 0 Å². The van der Waals surface area contributed by atoms with E-state index in [0.717, 1.165) is 11.1 Å². The van der Waals surface area contributed by atoms with Crippen molar-refractivity contribution in [2.24, 2.45) is 0 Å². The Bertz CT molecular complexity index is 551.